The molecular weight excluding hydrogens is 337 g/mol. The Balaban J connectivity index is 1.78. The van der Waals surface area contributed by atoms with Crippen molar-refractivity contribution in [1.82, 2.24) is 9.97 Å². The van der Waals surface area contributed by atoms with E-state index >= 15 is 0 Å². The SMILES string of the molecule is Fc1ccc(-c2cc3ccnc4c3c(n2)Nc2cc(Cl)ccc2-4)cc1. The van der Waals surface area contributed by atoms with Gasteiger partial charge >= 0.3 is 0 Å². The summed E-state index contributed by atoms with van der Waals surface area (Å²) < 4.78 is 13.2. The number of rotatable bonds is 1. The van der Waals surface area contributed by atoms with Gasteiger partial charge in [0, 0.05) is 22.3 Å². The van der Waals surface area contributed by atoms with Crippen LogP contribution in [0.15, 0.2) is 60.8 Å². The molecule has 2 aromatic carbocycles. The number of anilines is 2. The summed E-state index contributed by atoms with van der Waals surface area (Å²) in [5, 5.41) is 6.01. The number of pyridine rings is 2. The molecule has 0 bridgehead atoms. The van der Waals surface area contributed by atoms with E-state index in [1.165, 1.54) is 12.1 Å². The Hall–Kier alpha value is -2.98. The van der Waals surface area contributed by atoms with E-state index in [1.54, 1.807) is 18.3 Å². The summed E-state index contributed by atoms with van der Waals surface area (Å²) in [5.41, 5.74) is 4.40. The van der Waals surface area contributed by atoms with Gasteiger partial charge in [0.05, 0.1) is 22.5 Å². The number of nitrogens with zero attached hydrogens (tertiary/aromatic N) is 2. The molecule has 0 fully saturated rings. The van der Waals surface area contributed by atoms with Crippen molar-refractivity contribution < 1.29 is 4.39 Å². The van der Waals surface area contributed by atoms with Crippen LogP contribution in [0, 0.1) is 5.82 Å². The second kappa shape index (κ2) is 5.26. The summed E-state index contributed by atoms with van der Waals surface area (Å²) in [6, 6.07) is 16.0. The summed E-state index contributed by atoms with van der Waals surface area (Å²) in [5.74, 6) is 0.466. The van der Waals surface area contributed by atoms with E-state index < -0.39 is 0 Å². The number of benzene rings is 2. The van der Waals surface area contributed by atoms with Crippen molar-refractivity contribution in [3.05, 3.63) is 71.6 Å². The van der Waals surface area contributed by atoms with Crippen molar-refractivity contribution in [3.8, 4) is 22.5 Å². The number of hydrogen-bond donors (Lipinski definition) is 1. The monoisotopic (exact) mass is 347 g/mol. The van der Waals surface area contributed by atoms with Crippen LogP contribution in [-0.4, -0.2) is 9.97 Å². The topological polar surface area (TPSA) is 37.8 Å². The normalized spacial score (nSPS) is 11.9. The Labute approximate surface area is 148 Å². The average Bonchev–Trinajstić information content (AvgIpc) is 2.62. The van der Waals surface area contributed by atoms with Crippen molar-refractivity contribution in [2.75, 3.05) is 5.32 Å². The Morgan fingerprint density at radius 3 is 2.64 bits per heavy atom. The van der Waals surface area contributed by atoms with Crippen LogP contribution in [0.5, 0.6) is 0 Å². The third-order valence-electron chi connectivity index (χ3n) is 4.37. The van der Waals surface area contributed by atoms with Crippen molar-refractivity contribution in [2.45, 2.75) is 0 Å². The van der Waals surface area contributed by atoms with E-state index in [1.807, 2.05) is 30.3 Å². The molecule has 0 aliphatic carbocycles. The Morgan fingerprint density at radius 1 is 0.960 bits per heavy atom. The van der Waals surface area contributed by atoms with Gasteiger partial charge in [-0.25, -0.2) is 9.37 Å². The number of halogens is 2. The van der Waals surface area contributed by atoms with Crippen LogP contribution in [0.3, 0.4) is 0 Å². The van der Waals surface area contributed by atoms with Gasteiger partial charge in [0.25, 0.3) is 0 Å². The van der Waals surface area contributed by atoms with Crippen molar-refractivity contribution in [3.63, 3.8) is 0 Å². The lowest BCUT2D eigenvalue weighted by molar-refractivity contribution is 0.628. The molecule has 0 amide bonds. The van der Waals surface area contributed by atoms with Crippen LogP contribution in [0.1, 0.15) is 0 Å². The van der Waals surface area contributed by atoms with Gasteiger partial charge in [0.1, 0.15) is 11.6 Å². The molecule has 5 heteroatoms. The van der Waals surface area contributed by atoms with Crippen molar-refractivity contribution in [1.29, 1.82) is 0 Å². The molecule has 0 spiro atoms. The Kier molecular flexibility index (Phi) is 3.02. The maximum absolute atomic E-state index is 13.2. The lowest BCUT2D eigenvalue weighted by Crippen LogP contribution is -2.05. The first kappa shape index (κ1) is 14.4. The lowest BCUT2D eigenvalue weighted by atomic mass is 9.98. The van der Waals surface area contributed by atoms with E-state index in [9.17, 15) is 4.39 Å². The van der Waals surface area contributed by atoms with Gasteiger partial charge in [-0.3, -0.25) is 4.98 Å². The minimum Gasteiger partial charge on any atom is -0.339 e. The molecule has 2 aromatic heterocycles. The van der Waals surface area contributed by atoms with Crippen LogP contribution < -0.4 is 5.32 Å². The van der Waals surface area contributed by atoms with E-state index in [0.29, 0.717) is 5.02 Å². The second-order valence-corrected chi connectivity index (χ2v) is 6.37. The molecule has 0 unspecified atom stereocenters. The molecular formula is C20H11ClFN3. The molecule has 0 saturated heterocycles. The summed E-state index contributed by atoms with van der Waals surface area (Å²) >= 11 is 6.13. The minimum absolute atomic E-state index is 0.265. The zero-order valence-electron chi connectivity index (χ0n) is 12.9. The van der Waals surface area contributed by atoms with Crippen LogP contribution >= 0.6 is 11.6 Å². The summed E-state index contributed by atoms with van der Waals surface area (Å²) in [4.78, 5) is 9.29. The lowest BCUT2D eigenvalue weighted by Gasteiger charge is -2.21. The molecule has 120 valence electrons. The zero-order chi connectivity index (χ0) is 17.0. The highest BCUT2D eigenvalue weighted by molar-refractivity contribution is 6.31. The highest BCUT2D eigenvalue weighted by atomic mass is 35.5. The van der Waals surface area contributed by atoms with Crippen LogP contribution in [-0.2, 0) is 0 Å². The highest BCUT2D eigenvalue weighted by Crippen LogP contribution is 2.43. The quantitative estimate of drug-likeness (QED) is 0.415. The van der Waals surface area contributed by atoms with Gasteiger partial charge in [-0.1, -0.05) is 11.6 Å². The second-order valence-electron chi connectivity index (χ2n) is 5.94. The molecule has 3 heterocycles. The molecule has 0 radical (unpaired) electrons. The number of hydrogen-bond acceptors (Lipinski definition) is 3. The van der Waals surface area contributed by atoms with Crippen LogP contribution in [0.2, 0.25) is 5.02 Å². The molecule has 1 aliphatic heterocycles. The molecule has 1 N–H and O–H groups in total. The molecule has 1 aliphatic rings. The van der Waals surface area contributed by atoms with E-state index in [4.69, 9.17) is 16.6 Å². The predicted octanol–water partition coefficient (Wildman–Crippen LogP) is 5.81. The molecule has 5 rings (SSSR count). The number of fused-ring (bicyclic) bond motifs is 2. The van der Waals surface area contributed by atoms with Gasteiger partial charge in [-0.15, -0.1) is 0 Å². The highest BCUT2D eigenvalue weighted by Gasteiger charge is 2.21. The standard InChI is InChI=1S/C20H11ClFN3/c21-13-3-6-15-17(10-13)25-20-18-12(7-8-23-19(15)18)9-16(24-20)11-1-4-14(22)5-2-11/h1-10H,(H,24,25). The molecule has 0 saturated carbocycles. The first-order chi connectivity index (χ1) is 12.2. The summed E-state index contributed by atoms with van der Waals surface area (Å²) in [7, 11) is 0. The first-order valence-corrected chi connectivity index (χ1v) is 8.19. The Morgan fingerprint density at radius 2 is 1.80 bits per heavy atom. The molecule has 3 nitrogen and oxygen atoms in total. The third kappa shape index (κ3) is 2.26. The van der Waals surface area contributed by atoms with E-state index in [-0.39, 0.29) is 5.82 Å². The minimum atomic E-state index is -0.265. The largest absolute Gasteiger partial charge is 0.339 e. The van der Waals surface area contributed by atoms with Crippen molar-refractivity contribution >= 4 is 33.9 Å². The van der Waals surface area contributed by atoms with Crippen LogP contribution in [0.25, 0.3) is 33.3 Å². The smallest absolute Gasteiger partial charge is 0.141 e. The van der Waals surface area contributed by atoms with Gasteiger partial charge in [-0.05, 0) is 60.0 Å². The fraction of sp³-hybridized carbons (Fsp3) is 0. The molecule has 25 heavy (non-hydrogen) atoms. The first-order valence-electron chi connectivity index (χ1n) is 7.82. The van der Waals surface area contributed by atoms with E-state index in [2.05, 4.69) is 10.3 Å². The number of nitrogens with one attached hydrogen (secondary N) is 1. The fourth-order valence-electron chi connectivity index (χ4n) is 3.22. The van der Waals surface area contributed by atoms with Crippen LogP contribution in [0.4, 0.5) is 15.9 Å². The third-order valence-corrected chi connectivity index (χ3v) is 4.61. The maximum Gasteiger partial charge on any atom is 0.141 e. The molecule has 4 aromatic rings. The summed E-state index contributed by atoms with van der Waals surface area (Å²) in [6.45, 7) is 0. The van der Waals surface area contributed by atoms with Gasteiger partial charge < -0.3 is 5.32 Å². The maximum atomic E-state index is 13.2. The zero-order valence-corrected chi connectivity index (χ0v) is 13.7. The summed E-state index contributed by atoms with van der Waals surface area (Å²) in [6.07, 6.45) is 1.79. The van der Waals surface area contributed by atoms with Gasteiger partial charge in [-0.2, -0.15) is 0 Å². The number of aromatic nitrogens is 2. The van der Waals surface area contributed by atoms with Gasteiger partial charge in [0.15, 0.2) is 0 Å². The average molecular weight is 348 g/mol. The predicted molar refractivity (Wildman–Crippen MR) is 98.7 cm³/mol. The Bertz CT molecular complexity index is 1140. The fourth-order valence-corrected chi connectivity index (χ4v) is 3.39. The van der Waals surface area contributed by atoms with Crippen molar-refractivity contribution in [2.24, 2.45) is 0 Å². The van der Waals surface area contributed by atoms with E-state index in [0.717, 1.165) is 44.8 Å². The molecule has 0 atom stereocenters. The van der Waals surface area contributed by atoms with Gasteiger partial charge in [0.2, 0.25) is 0 Å².